The van der Waals surface area contributed by atoms with Crippen LogP contribution in [0, 0.1) is 25.2 Å². The van der Waals surface area contributed by atoms with E-state index >= 15 is 0 Å². The van der Waals surface area contributed by atoms with Gasteiger partial charge >= 0.3 is 0 Å². The predicted octanol–water partition coefficient (Wildman–Crippen LogP) is 4.56. The minimum absolute atomic E-state index is 0.0479. The molecule has 2 N–H and O–H groups in total. The van der Waals surface area contributed by atoms with E-state index in [1.54, 1.807) is 6.26 Å². The zero-order valence-corrected chi connectivity index (χ0v) is 17.4. The molecule has 0 saturated carbocycles. The lowest BCUT2D eigenvalue weighted by Gasteiger charge is -2.16. The summed E-state index contributed by atoms with van der Waals surface area (Å²) in [5.74, 6) is 1.01. The van der Waals surface area contributed by atoms with Crippen molar-refractivity contribution in [3.63, 3.8) is 0 Å². The zero-order chi connectivity index (χ0) is 21.0. The summed E-state index contributed by atoms with van der Waals surface area (Å²) in [6.45, 7) is 6.30. The highest BCUT2D eigenvalue weighted by Gasteiger charge is 2.20. The Balaban J connectivity index is 1.74. The van der Waals surface area contributed by atoms with Gasteiger partial charge in [0.2, 0.25) is 5.91 Å². The number of aromatic nitrogens is 1. The van der Waals surface area contributed by atoms with Gasteiger partial charge in [-0.3, -0.25) is 4.79 Å². The fourth-order valence-corrected chi connectivity index (χ4v) is 3.40. The molecule has 7 heteroatoms. The third-order valence-electron chi connectivity index (χ3n) is 5.01. The summed E-state index contributed by atoms with van der Waals surface area (Å²) in [5.41, 5.74) is 3.21. The number of nitrogens with zero attached hydrogens (tertiary/aromatic N) is 2. The van der Waals surface area contributed by atoms with Crippen molar-refractivity contribution in [1.29, 1.82) is 5.26 Å². The summed E-state index contributed by atoms with van der Waals surface area (Å²) in [6, 6.07) is 13.3. The van der Waals surface area contributed by atoms with E-state index in [1.807, 2.05) is 61.7 Å². The van der Waals surface area contributed by atoms with Crippen molar-refractivity contribution in [2.45, 2.75) is 33.4 Å². The number of amides is 1. The van der Waals surface area contributed by atoms with E-state index in [1.165, 1.54) is 0 Å². The van der Waals surface area contributed by atoms with Crippen molar-refractivity contribution < 1.29 is 9.21 Å². The van der Waals surface area contributed by atoms with Crippen LogP contribution in [0.5, 0.6) is 0 Å². The van der Waals surface area contributed by atoms with Gasteiger partial charge in [0.05, 0.1) is 24.9 Å². The molecule has 150 valence electrons. The minimum atomic E-state index is -0.228. The van der Waals surface area contributed by atoms with Crippen molar-refractivity contribution >= 4 is 23.3 Å². The minimum Gasteiger partial charge on any atom is -0.467 e. The number of anilines is 1. The molecule has 0 bridgehead atoms. The molecule has 1 amide bonds. The summed E-state index contributed by atoms with van der Waals surface area (Å²) in [6.07, 6.45) is 1.60. The van der Waals surface area contributed by atoms with Crippen molar-refractivity contribution in [1.82, 2.24) is 9.88 Å². The molecule has 3 rings (SSSR count). The smallest absolute Gasteiger partial charge is 0.239 e. The van der Waals surface area contributed by atoms with Gasteiger partial charge in [0.25, 0.3) is 0 Å². The number of carbonyl (C=O) groups excluding carboxylic acids is 1. The molecule has 0 aliphatic carbocycles. The maximum atomic E-state index is 12.6. The molecule has 0 radical (unpaired) electrons. The van der Waals surface area contributed by atoms with E-state index in [4.69, 9.17) is 16.0 Å². The summed E-state index contributed by atoms with van der Waals surface area (Å²) in [4.78, 5) is 12.6. The molecule has 0 fully saturated rings. The lowest BCUT2D eigenvalue weighted by atomic mass is 10.1. The Kier molecular flexibility index (Phi) is 6.42. The Morgan fingerprint density at radius 3 is 2.76 bits per heavy atom. The fourth-order valence-electron chi connectivity index (χ4n) is 3.20. The molecule has 2 aromatic heterocycles. The molecule has 29 heavy (non-hydrogen) atoms. The molecule has 3 aromatic rings. The lowest BCUT2D eigenvalue weighted by molar-refractivity contribution is -0.115. The Morgan fingerprint density at radius 1 is 1.31 bits per heavy atom. The lowest BCUT2D eigenvalue weighted by Crippen LogP contribution is -2.31. The van der Waals surface area contributed by atoms with E-state index in [9.17, 15) is 10.1 Å². The molecular weight excluding hydrogens is 388 g/mol. The van der Waals surface area contributed by atoms with Crippen LogP contribution in [0.2, 0.25) is 5.02 Å². The van der Waals surface area contributed by atoms with Crippen LogP contribution in [0.3, 0.4) is 0 Å². The van der Waals surface area contributed by atoms with Crippen molar-refractivity contribution in [2.75, 3.05) is 11.9 Å². The second-order valence-electron chi connectivity index (χ2n) is 6.92. The van der Waals surface area contributed by atoms with E-state index in [2.05, 4.69) is 16.7 Å². The van der Waals surface area contributed by atoms with Gasteiger partial charge < -0.3 is 19.6 Å². The van der Waals surface area contributed by atoms with Gasteiger partial charge in [-0.1, -0.05) is 23.7 Å². The first-order valence-corrected chi connectivity index (χ1v) is 9.69. The first-order valence-electron chi connectivity index (χ1n) is 9.31. The number of carbonyl (C=O) groups is 1. The van der Waals surface area contributed by atoms with E-state index in [-0.39, 0.29) is 18.5 Å². The van der Waals surface area contributed by atoms with Crippen molar-refractivity contribution in [3.05, 3.63) is 75.8 Å². The molecule has 1 aromatic carbocycles. The Bertz CT molecular complexity index is 1050. The number of rotatable bonds is 7. The molecular formula is C22H23ClN4O2. The average molecular weight is 411 g/mol. The number of benzene rings is 1. The maximum Gasteiger partial charge on any atom is 0.239 e. The standard InChI is InChI=1S/C22H23ClN4O2/c1-14-16(3)27(13-19-8-5-9-29-19)22(20(14)11-24)26-21(28)12-25-15(2)17-6-4-7-18(23)10-17/h4-10,15,25H,12-13H2,1-3H3,(H,26,28)/t15-/m0/s1. The van der Waals surface area contributed by atoms with Gasteiger partial charge in [-0.05, 0) is 56.2 Å². The summed E-state index contributed by atoms with van der Waals surface area (Å²) >= 11 is 6.04. The second kappa shape index (κ2) is 8.99. The van der Waals surface area contributed by atoms with Crippen LogP contribution in [-0.4, -0.2) is 17.0 Å². The second-order valence-corrected chi connectivity index (χ2v) is 7.35. The molecule has 0 aliphatic heterocycles. The number of halogens is 1. The summed E-state index contributed by atoms with van der Waals surface area (Å²) in [7, 11) is 0. The van der Waals surface area contributed by atoms with E-state index < -0.39 is 0 Å². The van der Waals surface area contributed by atoms with Crippen molar-refractivity contribution in [3.8, 4) is 6.07 Å². The van der Waals surface area contributed by atoms with Gasteiger partial charge in [-0.15, -0.1) is 0 Å². The molecule has 1 atom stereocenters. The fraction of sp³-hybridized carbons (Fsp3) is 0.273. The highest BCUT2D eigenvalue weighted by molar-refractivity contribution is 6.30. The maximum absolute atomic E-state index is 12.6. The summed E-state index contributed by atoms with van der Waals surface area (Å²) in [5, 5.41) is 16.3. The summed E-state index contributed by atoms with van der Waals surface area (Å²) < 4.78 is 7.33. The van der Waals surface area contributed by atoms with Crippen LogP contribution in [0.15, 0.2) is 47.1 Å². The van der Waals surface area contributed by atoms with Gasteiger partial charge in [0, 0.05) is 16.8 Å². The monoisotopic (exact) mass is 410 g/mol. The van der Waals surface area contributed by atoms with Gasteiger partial charge in [-0.2, -0.15) is 5.26 Å². The van der Waals surface area contributed by atoms with Crippen LogP contribution in [0.1, 0.15) is 41.1 Å². The first kappa shape index (κ1) is 20.7. The van der Waals surface area contributed by atoms with Crippen LogP contribution >= 0.6 is 11.6 Å². The quantitative estimate of drug-likeness (QED) is 0.598. The number of nitrogens with one attached hydrogen (secondary N) is 2. The highest BCUT2D eigenvalue weighted by atomic mass is 35.5. The van der Waals surface area contributed by atoms with Gasteiger partial charge in [-0.25, -0.2) is 0 Å². The Labute approximate surface area is 175 Å². The number of hydrogen-bond acceptors (Lipinski definition) is 4. The molecule has 0 saturated heterocycles. The predicted molar refractivity (Wildman–Crippen MR) is 113 cm³/mol. The Morgan fingerprint density at radius 2 is 2.10 bits per heavy atom. The van der Waals surface area contributed by atoms with Crippen LogP contribution < -0.4 is 10.6 Å². The van der Waals surface area contributed by atoms with Gasteiger partial charge in [0.1, 0.15) is 17.6 Å². The van der Waals surface area contributed by atoms with E-state index in [0.29, 0.717) is 22.9 Å². The Hall–Kier alpha value is -3.01. The van der Waals surface area contributed by atoms with Crippen molar-refractivity contribution in [2.24, 2.45) is 0 Å². The molecule has 2 heterocycles. The highest BCUT2D eigenvalue weighted by Crippen LogP contribution is 2.27. The zero-order valence-electron chi connectivity index (χ0n) is 16.6. The topological polar surface area (TPSA) is 83.0 Å². The third-order valence-corrected chi connectivity index (χ3v) is 5.25. The van der Waals surface area contributed by atoms with Crippen LogP contribution in [-0.2, 0) is 11.3 Å². The molecule has 6 nitrogen and oxygen atoms in total. The molecule has 0 spiro atoms. The molecule has 0 aliphatic rings. The number of nitriles is 1. The number of furan rings is 1. The average Bonchev–Trinajstić information content (AvgIpc) is 3.29. The third kappa shape index (κ3) is 4.70. The van der Waals surface area contributed by atoms with Crippen LogP contribution in [0.25, 0.3) is 0 Å². The van der Waals surface area contributed by atoms with Gasteiger partial charge in [0.15, 0.2) is 0 Å². The molecule has 0 unspecified atom stereocenters. The van der Waals surface area contributed by atoms with Crippen LogP contribution in [0.4, 0.5) is 5.82 Å². The SMILES string of the molecule is Cc1c(C#N)c(NC(=O)CN[C@@H](C)c2cccc(Cl)c2)n(Cc2ccco2)c1C. The number of hydrogen-bond donors (Lipinski definition) is 2. The first-order chi connectivity index (χ1) is 13.9. The largest absolute Gasteiger partial charge is 0.467 e. The van der Waals surface area contributed by atoms with E-state index in [0.717, 1.165) is 22.6 Å². The normalized spacial score (nSPS) is 11.8.